The van der Waals surface area contributed by atoms with Crippen LogP contribution in [0.3, 0.4) is 0 Å². The summed E-state index contributed by atoms with van der Waals surface area (Å²) in [6.07, 6.45) is 1.54. The standard InChI is InChI=1S/C13H19NO4/c1-3-5-12(15)10-6-7-13(18-8-4-2)11(9-10)14(16)17/h6-7,9,12,15H,3-5,8H2,1-2H3. The Morgan fingerprint density at radius 3 is 2.67 bits per heavy atom. The highest BCUT2D eigenvalue weighted by Gasteiger charge is 2.18. The molecule has 0 spiro atoms. The van der Waals surface area contributed by atoms with Crippen LogP contribution in [-0.4, -0.2) is 16.6 Å². The van der Waals surface area contributed by atoms with Gasteiger partial charge in [0.15, 0.2) is 5.75 Å². The summed E-state index contributed by atoms with van der Waals surface area (Å²) in [6, 6.07) is 4.63. The maximum Gasteiger partial charge on any atom is 0.311 e. The third-order valence-electron chi connectivity index (χ3n) is 2.59. The molecule has 0 heterocycles. The normalized spacial score (nSPS) is 12.2. The van der Waals surface area contributed by atoms with Gasteiger partial charge >= 0.3 is 5.69 Å². The second kappa shape index (κ2) is 6.96. The minimum atomic E-state index is -0.658. The topological polar surface area (TPSA) is 72.6 Å². The zero-order valence-electron chi connectivity index (χ0n) is 10.8. The smallest absolute Gasteiger partial charge is 0.311 e. The number of benzene rings is 1. The zero-order valence-corrected chi connectivity index (χ0v) is 10.8. The quantitative estimate of drug-likeness (QED) is 0.598. The molecule has 0 radical (unpaired) electrons. The van der Waals surface area contributed by atoms with Gasteiger partial charge in [-0.05, 0) is 24.5 Å². The molecule has 1 unspecified atom stereocenters. The molecular formula is C13H19NO4. The van der Waals surface area contributed by atoms with E-state index in [1.54, 1.807) is 12.1 Å². The summed E-state index contributed by atoms with van der Waals surface area (Å²) in [5.41, 5.74) is 0.475. The highest BCUT2D eigenvalue weighted by atomic mass is 16.6. The van der Waals surface area contributed by atoms with Crippen LogP contribution < -0.4 is 4.74 Å². The molecule has 1 aromatic rings. The van der Waals surface area contributed by atoms with Crippen molar-refractivity contribution in [1.82, 2.24) is 0 Å². The predicted molar refractivity (Wildman–Crippen MR) is 68.8 cm³/mol. The molecule has 0 aliphatic carbocycles. The summed E-state index contributed by atoms with van der Waals surface area (Å²) < 4.78 is 5.32. The van der Waals surface area contributed by atoms with Gasteiger partial charge in [0, 0.05) is 6.07 Å². The molecule has 0 aliphatic rings. The van der Waals surface area contributed by atoms with Crippen LogP contribution in [0.25, 0.3) is 0 Å². The van der Waals surface area contributed by atoms with Gasteiger partial charge in [-0.15, -0.1) is 0 Å². The SMILES string of the molecule is CCCOc1ccc(C(O)CCC)cc1[N+](=O)[O-]. The van der Waals surface area contributed by atoms with Gasteiger partial charge in [-0.25, -0.2) is 0 Å². The number of nitro groups is 1. The summed E-state index contributed by atoms with van der Waals surface area (Å²) in [5, 5.41) is 20.8. The molecule has 1 aromatic carbocycles. The van der Waals surface area contributed by atoms with Gasteiger partial charge in [0.05, 0.1) is 17.6 Å². The molecule has 0 saturated carbocycles. The molecule has 5 nitrogen and oxygen atoms in total. The van der Waals surface area contributed by atoms with Gasteiger partial charge in [-0.3, -0.25) is 10.1 Å². The lowest BCUT2D eigenvalue weighted by Crippen LogP contribution is -2.02. The summed E-state index contributed by atoms with van der Waals surface area (Å²) in [6.45, 7) is 4.33. The van der Waals surface area contributed by atoms with Crippen molar-refractivity contribution in [2.24, 2.45) is 0 Å². The van der Waals surface area contributed by atoms with Crippen LogP contribution in [0.1, 0.15) is 44.8 Å². The Hall–Kier alpha value is -1.62. The van der Waals surface area contributed by atoms with Gasteiger partial charge in [-0.2, -0.15) is 0 Å². The van der Waals surface area contributed by atoms with Crippen molar-refractivity contribution in [3.05, 3.63) is 33.9 Å². The summed E-state index contributed by atoms with van der Waals surface area (Å²) in [5.74, 6) is 0.259. The van der Waals surface area contributed by atoms with Crippen LogP contribution in [0, 0.1) is 10.1 Å². The van der Waals surface area contributed by atoms with Crippen molar-refractivity contribution in [2.45, 2.75) is 39.2 Å². The first-order valence-corrected chi connectivity index (χ1v) is 6.19. The Bertz CT molecular complexity index is 406. The molecule has 0 fully saturated rings. The average Bonchev–Trinajstić information content (AvgIpc) is 2.36. The van der Waals surface area contributed by atoms with E-state index in [0.29, 0.717) is 18.6 Å². The Labute approximate surface area is 107 Å². The molecule has 100 valence electrons. The van der Waals surface area contributed by atoms with E-state index in [4.69, 9.17) is 4.74 Å². The fourth-order valence-electron chi connectivity index (χ4n) is 1.66. The second-order valence-electron chi connectivity index (χ2n) is 4.14. The number of nitro benzene ring substituents is 1. The van der Waals surface area contributed by atoms with Crippen LogP contribution in [0.2, 0.25) is 0 Å². The lowest BCUT2D eigenvalue weighted by molar-refractivity contribution is -0.386. The Balaban J connectivity index is 2.99. The highest BCUT2D eigenvalue weighted by molar-refractivity contribution is 5.49. The van der Waals surface area contributed by atoms with E-state index in [2.05, 4.69) is 0 Å². The molecule has 0 aromatic heterocycles. The predicted octanol–water partition coefficient (Wildman–Crippen LogP) is 3.22. The zero-order chi connectivity index (χ0) is 13.5. The molecule has 1 N–H and O–H groups in total. The number of aliphatic hydroxyl groups excluding tert-OH is 1. The van der Waals surface area contributed by atoms with Crippen molar-refractivity contribution in [3.8, 4) is 5.75 Å². The van der Waals surface area contributed by atoms with Crippen LogP contribution in [0.4, 0.5) is 5.69 Å². The van der Waals surface area contributed by atoms with Crippen LogP contribution >= 0.6 is 0 Å². The molecule has 0 bridgehead atoms. The monoisotopic (exact) mass is 253 g/mol. The lowest BCUT2D eigenvalue weighted by Gasteiger charge is -2.11. The third kappa shape index (κ3) is 3.70. The minimum absolute atomic E-state index is 0.0869. The first-order chi connectivity index (χ1) is 8.60. The van der Waals surface area contributed by atoms with Crippen molar-refractivity contribution >= 4 is 5.69 Å². The number of hydrogen-bond acceptors (Lipinski definition) is 4. The highest BCUT2D eigenvalue weighted by Crippen LogP contribution is 2.31. The van der Waals surface area contributed by atoms with Gasteiger partial charge in [0.25, 0.3) is 0 Å². The van der Waals surface area contributed by atoms with Gasteiger partial charge in [0.2, 0.25) is 0 Å². The molecule has 0 saturated heterocycles. The molecule has 1 atom stereocenters. The lowest BCUT2D eigenvalue weighted by atomic mass is 10.0. The molecule has 1 rings (SSSR count). The molecule has 5 heteroatoms. The maximum absolute atomic E-state index is 11.0. The molecule has 0 amide bonds. The van der Waals surface area contributed by atoms with Crippen molar-refractivity contribution in [2.75, 3.05) is 6.61 Å². The van der Waals surface area contributed by atoms with E-state index < -0.39 is 11.0 Å². The van der Waals surface area contributed by atoms with E-state index in [1.165, 1.54) is 6.07 Å². The van der Waals surface area contributed by atoms with Crippen LogP contribution in [-0.2, 0) is 0 Å². The van der Waals surface area contributed by atoms with Crippen LogP contribution in [0.15, 0.2) is 18.2 Å². The molecule has 0 aliphatic heterocycles. The van der Waals surface area contributed by atoms with E-state index in [9.17, 15) is 15.2 Å². The van der Waals surface area contributed by atoms with E-state index in [-0.39, 0.29) is 11.4 Å². The Morgan fingerprint density at radius 2 is 2.11 bits per heavy atom. The van der Waals surface area contributed by atoms with Gasteiger partial charge in [-0.1, -0.05) is 26.3 Å². The maximum atomic E-state index is 11.0. The van der Waals surface area contributed by atoms with E-state index in [1.807, 2.05) is 13.8 Å². The van der Waals surface area contributed by atoms with E-state index in [0.717, 1.165) is 12.8 Å². The van der Waals surface area contributed by atoms with Crippen LogP contribution in [0.5, 0.6) is 5.75 Å². The van der Waals surface area contributed by atoms with Crippen molar-refractivity contribution in [1.29, 1.82) is 0 Å². The number of nitrogens with zero attached hydrogens (tertiary/aromatic N) is 1. The average molecular weight is 253 g/mol. The summed E-state index contributed by atoms with van der Waals surface area (Å²) in [7, 11) is 0. The van der Waals surface area contributed by atoms with Gasteiger partial charge < -0.3 is 9.84 Å². The minimum Gasteiger partial charge on any atom is -0.487 e. The molecule has 18 heavy (non-hydrogen) atoms. The number of rotatable bonds is 7. The van der Waals surface area contributed by atoms with Gasteiger partial charge in [0.1, 0.15) is 0 Å². The first-order valence-electron chi connectivity index (χ1n) is 6.19. The van der Waals surface area contributed by atoms with Crippen molar-refractivity contribution < 1.29 is 14.8 Å². The molecular weight excluding hydrogens is 234 g/mol. The number of aliphatic hydroxyl groups is 1. The second-order valence-corrected chi connectivity index (χ2v) is 4.14. The largest absolute Gasteiger partial charge is 0.487 e. The first kappa shape index (κ1) is 14.4. The van der Waals surface area contributed by atoms with E-state index >= 15 is 0 Å². The number of hydrogen-bond donors (Lipinski definition) is 1. The fourth-order valence-corrected chi connectivity index (χ4v) is 1.66. The summed E-state index contributed by atoms with van der Waals surface area (Å²) >= 11 is 0. The Kier molecular flexibility index (Phi) is 5.58. The fraction of sp³-hybridized carbons (Fsp3) is 0.538. The summed E-state index contributed by atoms with van der Waals surface area (Å²) in [4.78, 5) is 10.5. The Morgan fingerprint density at radius 1 is 1.39 bits per heavy atom. The van der Waals surface area contributed by atoms with Crippen molar-refractivity contribution in [3.63, 3.8) is 0 Å². The number of ether oxygens (including phenoxy) is 1. The third-order valence-corrected chi connectivity index (χ3v) is 2.59.